The van der Waals surface area contributed by atoms with Gasteiger partial charge in [-0.25, -0.2) is 4.79 Å². The molecule has 0 saturated carbocycles. The van der Waals surface area contributed by atoms with Gasteiger partial charge >= 0.3 is 6.09 Å². The van der Waals surface area contributed by atoms with Crippen molar-refractivity contribution in [3.8, 4) is 0 Å². The molecular formula is C18H35N3O3. The van der Waals surface area contributed by atoms with Gasteiger partial charge < -0.3 is 20.3 Å². The number of carbonyl (C=O) groups is 2. The van der Waals surface area contributed by atoms with Crippen LogP contribution in [0.4, 0.5) is 4.79 Å². The number of nitrogens with one attached hydrogen (secondary N) is 2. The molecule has 0 aliphatic carbocycles. The van der Waals surface area contributed by atoms with Crippen LogP contribution in [-0.2, 0) is 9.53 Å². The standard InChI is InChI=1S/C18H35N3O3/c1-18(2,3)24-17(23)20-11-8-10-16(22)19-12-9-15-21-13-6-4-5-7-14-21/h4-15H2,1-3H3,(H,19,22)(H,20,23). The topological polar surface area (TPSA) is 70.7 Å². The first-order valence-corrected chi connectivity index (χ1v) is 9.33. The maximum atomic E-state index is 11.8. The summed E-state index contributed by atoms with van der Waals surface area (Å²) in [6, 6.07) is 0. The van der Waals surface area contributed by atoms with Gasteiger partial charge in [-0.2, -0.15) is 0 Å². The van der Waals surface area contributed by atoms with Gasteiger partial charge in [-0.15, -0.1) is 0 Å². The van der Waals surface area contributed by atoms with Gasteiger partial charge in [0.2, 0.25) is 5.91 Å². The van der Waals surface area contributed by atoms with Gasteiger partial charge in [-0.3, -0.25) is 4.79 Å². The van der Waals surface area contributed by atoms with Crippen LogP contribution in [0.2, 0.25) is 0 Å². The number of nitrogens with zero attached hydrogens (tertiary/aromatic N) is 1. The van der Waals surface area contributed by atoms with Crippen LogP contribution < -0.4 is 10.6 Å². The zero-order chi connectivity index (χ0) is 17.8. The molecule has 24 heavy (non-hydrogen) atoms. The van der Waals surface area contributed by atoms with E-state index in [0.717, 1.165) is 19.5 Å². The molecule has 0 radical (unpaired) electrons. The number of rotatable bonds is 8. The highest BCUT2D eigenvalue weighted by Crippen LogP contribution is 2.09. The summed E-state index contributed by atoms with van der Waals surface area (Å²) in [5.74, 6) is 0.0526. The van der Waals surface area contributed by atoms with Crippen molar-refractivity contribution < 1.29 is 14.3 Å². The lowest BCUT2D eigenvalue weighted by molar-refractivity contribution is -0.121. The van der Waals surface area contributed by atoms with Crippen LogP contribution in [0.15, 0.2) is 0 Å². The van der Waals surface area contributed by atoms with E-state index in [9.17, 15) is 9.59 Å². The Hall–Kier alpha value is -1.30. The molecule has 2 amide bonds. The summed E-state index contributed by atoms with van der Waals surface area (Å²) in [6.07, 6.45) is 6.93. The van der Waals surface area contributed by atoms with Crippen molar-refractivity contribution in [1.29, 1.82) is 0 Å². The third kappa shape index (κ3) is 11.3. The molecular weight excluding hydrogens is 306 g/mol. The van der Waals surface area contributed by atoms with Gasteiger partial charge in [0.05, 0.1) is 0 Å². The van der Waals surface area contributed by atoms with E-state index in [4.69, 9.17) is 4.74 Å². The summed E-state index contributed by atoms with van der Waals surface area (Å²) in [5.41, 5.74) is -0.491. The Labute approximate surface area is 146 Å². The first-order chi connectivity index (χ1) is 11.4. The van der Waals surface area contributed by atoms with Crippen LogP contribution in [0, 0.1) is 0 Å². The Morgan fingerprint density at radius 3 is 2.21 bits per heavy atom. The fraction of sp³-hybridized carbons (Fsp3) is 0.889. The van der Waals surface area contributed by atoms with E-state index in [2.05, 4.69) is 15.5 Å². The average molecular weight is 341 g/mol. The molecule has 1 fully saturated rings. The van der Waals surface area contributed by atoms with Crippen molar-refractivity contribution in [3.05, 3.63) is 0 Å². The predicted molar refractivity (Wildman–Crippen MR) is 96.0 cm³/mol. The number of amides is 2. The molecule has 0 spiro atoms. The maximum absolute atomic E-state index is 11.8. The van der Waals surface area contributed by atoms with Crippen molar-refractivity contribution in [1.82, 2.24) is 15.5 Å². The molecule has 0 aromatic rings. The third-order valence-electron chi connectivity index (χ3n) is 3.92. The number of ether oxygens (including phenoxy) is 1. The largest absolute Gasteiger partial charge is 0.444 e. The van der Waals surface area contributed by atoms with Crippen LogP contribution in [0.5, 0.6) is 0 Å². The molecule has 1 saturated heterocycles. The quantitative estimate of drug-likeness (QED) is 0.666. The van der Waals surface area contributed by atoms with E-state index in [1.54, 1.807) is 0 Å². The Kier molecular flexibility index (Phi) is 9.76. The van der Waals surface area contributed by atoms with Crippen LogP contribution in [-0.4, -0.2) is 55.2 Å². The fourth-order valence-corrected chi connectivity index (χ4v) is 2.73. The van der Waals surface area contributed by atoms with Crippen LogP contribution in [0.1, 0.15) is 65.7 Å². The van der Waals surface area contributed by atoms with Crippen LogP contribution >= 0.6 is 0 Å². The van der Waals surface area contributed by atoms with Gasteiger partial charge in [0, 0.05) is 19.5 Å². The highest BCUT2D eigenvalue weighted by atomic mass is 16.6. The van der Waals surface area contributed by atoms with Gasteiger partial charge in [0.25, 0.3) is 0 Å². The molecule has 140 valence electrons. The smallest absolute Gasteiger partial charge is 0.407 e. The molecule has 1 aliphatic heterocycles. The third-order valence-corrected chi connectivity index (χ3v) is 3.92. The second-order valence-electron chi connectivity index (χ2n) is 7.49. The van der Waals surface area contributed by atoms with Crippen molar-refractivity contribution in [2.24, 2.45) is 0 Å². The monoisotopic (exact) mass is 341 g/mol. The zero-order valence-corrected chi connectivity index (χ0v) is 15.7. The van der Waals surface area contributed by atoms with E-state index in [-0.39, 0.29) is 5.91 Å². The first kappa shape index (κ1) is 20.7. The van der Waals surface area contributed by atoms with E-state index < -0.39 is 11.7 Å². The minimum absolute atomic E-state index is 0.0526. The Morgan fingerprint density at radius 2 is 1.58 bits per heavy atom. The van der Waals surface area contributed by atoms with Crippen molar-refractivity contribution >= 4 is 12.0 Å². The van der Waals surface area contributed by atoms with Gasteiger partial charge in [0.15, 0.2) is 0 Å². The molecule has 0 aromatic carbocycles. The second-order valence-corrected chi connectivity index (χ2v) is 7.49. The molecule has 0 atom stereocenters. The minimum Gasteiger partial charge on any atom is -0.444 e. The van der Waals surface area contributed by atoms with Crippen molar-refractivity contribution in [3.63, 3.8) is 0 Å². The SMILES string of the molecule is CC(C)(C)OC(=O)NCCCC(=O)NCCCN1CCCCCC1. The number of likely N-dealkylation sites (tertiary alicyclic amines) is 1. The molecule has 1 rings (SSSR count). The first-order valence-electron chi connectivity index (χ1n) is 9.33. The summed E-state index contributed by atoms with van der Waals surface area (Å²) in [7, 11) is 0. The highest BCUT2D eigenvalue weighted by Gasteiger charge is 2.15. The van der Waals surface area contributed by atoms with Crippen LogP contribution in [0.3, 0.4) is 0 Å². The Balaban J connectivity index is 1.97. The fourth-order valence-electron chi connectivity index (χ4n) is 2.73. The maximum Gasteiger partial charge on any atom is 0.407 e. The molecule has 0 unspecified atom stereocenters. The van der Waals surface area contributed by atoms with Crippen molar-refractivity contribution in [2.75, 3.05) is 32.7 Å². The number of carbonyl (C=O) groups excluding carboxylic acids is 2. The highest BCUT2D eigenvalue weighted by molar-refractivity contribution is 5.75. The number of hydrogen-bond acceptors (Lipinski definition) is 4. The summed E-state index contributed by atoms with van der Waals surface area (Å²) in [5, 5.41) is 5.62. The normalized spacial score (nSPS) is 16.3. The lowest BCUT2D eigenvalue weighted by atomic mass is 10.2. The molecule has 1 aliphatic rings. The predicted octanol–water partition coefficient (Wildman–Crippen LogP) is 2.67. The molecule has 0 bridgehead atoms. The summed E-state index contributed by atoms with van der Waals surface area (Å²) in [4.78, 5) is 25.7. The summed E-state index contributed by atoms with van der Waals surface area (Å²) >= 11 is 0. The summed E-state index contributed by atoms with van der Waals surface area (Å²) in [6.45, 7) is 10.1. The van der Waals surface area contributed by atoms with E-state index in [1.165, 1.54) is 38.8 Å². The van der Waals surface area contributed by atoms with Crippen molar-refractivity contribution in [2.45, 2.75) is 71.3 Å². The zero-order valence-electron chi connectivity index (χ0n) is 15.7. The van der Waals surface area contributed by atoms with Gasteiger partial charge in [-0.05, 0) is 66.1 Å². The molecule has 2 N–H and O–H groups in total. The van der Waals surface area contributed by atoms with E-state index in [0.29, 0.717) is 19.4 Å². The number of hydrogen-bond donors (Lipinski definition) is 2. The second kappa shape index (κ2) is 11.3. The summed E-state index contributed by atoms with van der Waals surface area (Å²) < 4.78 is 5.14. The lowest BCUT2D eigenvalue weighted by Gasteiger charge is -2.19. The molecule has 0 aromatic heterocycles. The molecule has 1 heterocycles. The van der Waals surface area contributed by atoms with E-state index in [1.807, 2.05) is 20.8 Å². The minimum atomic E-state index is -0.491. The lowest BCUT2D eigenvalue weighted by Crippen LogP contribution is -2.34. The number of alkyl carbamates (subject to hydrolysis) is 1. The molecule has 6 heteroatoms. The average Bonchev–Trinajstić information content (AvgIpc) is 2.75. The van der Waals surface area contributed by atoms with Gasteiger partial charge in [-0.1, -0.05) is 12.8 Å². The Morgan fingerprint density at radius 1 is 0.958 bits per heavy atom. The molecule has 6 nitrogen and oxygen atoms in total. The van der Waals surface area contributed by atoms with Gasteiger partial charge in [0.1, 0.15) is 5.60 Å². The van der Waals surface area contributed by atoms with Crippen LogP contribution in [0.25, 0.3) is 0 Å². The van der Waals surface area contributed by atoms with E-state index >= 15 is 0 Å². The Bertz CT molecular complexity index is 372.